The molecule has 0 saturated heterocycles. The van der Waals surface area contributed by atoms with Gasteiger partial charge in [0, 0.05) is 41.6 Å². The number of carbonyl (C=O) groups is 6. The van der Waals surface area contributed by atoms with Crippen LogP contribution < -0.4 is 25.1 Å². The van der Waals surface area contributed by atoms with E-state index in [0.29, 0.717) is 23.4 Å². The van der Waals surface area contributed by atoms with Crippen LogP contribution in [0.1, 0.15) is 55.8 Å². The molecule has 0 saturated carbocycles. The zero-order valence-electron chi connectivity index (χ0n) is 42.9. The number of aliphatic hydroxyl groups is 6. The van der Waals surface area contributed by atoms with Crippen molar-refractivity contribution >= 4 is 45.3 Å². The summed E-state index contributed by atoms with van der Waals surface area (Å²) in [5, 5.41) is 81.7. The van der Waals surface area contributed by atoms with Crippen LogP contribution in [0, 0.1) is 23.7 Å². The number of benzene rings is 3. The summed E-state index contributed by atoms with van der Waals surface area (Å²) in [6.07, 6.45) is -0.751. The average molecular weight is 1080 g/mol. The second-order valence-electron chi connectivity index (χ2n) is 21.1. The number of hydrogen-bond acceptors (Lipinski definition) is 20. The number of allylic oxidation sites excluding steroid dienone is 2. The number of phenolic OH excluding ortho intramolecular Hbond substituents is 1. The van der Waals surface area contributed by atoms with Gasteiger partial charge in [-0.1, -0.05) is 18.2 Å². The van der Waals surface area contributed by atoms with E-state index in [2.05, 4.69) is 4.72 Å². The quantitative estimate of drug-likeness (QED) is 0.107. The number of hydrogen-bond donors (Lipinski definition) is 10. The fraction of sp³-hybridized carbons (Fsp3) is 0.396. The van der Waals surface area contributed by atoms with Crippen molar-refractivity contribution < 1.29 is 81.9 Å². The molecule has 8 atom stereocenters. The van der Waals surface area contributed by atoms with Gasteiger partial charge in [-0.25, -0.2) is 0 Å². The van der Waals surface area contributed by atoms with Crippen molar-refractivity contribution in [2.24, 2.45) is 35.1 Å². The van der Waals surface area contributed by atoms with E-state index in [1.54, 1.807) is 6.07 Å². The fourth-order valence-electron chi connectivity index (χ4n) is 12.8. The number of primary amides is 2. The minimum Gasteiger partial charge on any atom is -0.510 e. The zero-order chi connectivity index (χ0) is 56.4. The monoisotopic (exact) mass is 1080 g/mol. The highest BCUT2D eigenvalue weighted by Gasteiger charge is 2.65. The predicted molar refractivity (Wildman–Crippen MR) is 271 cm³/mol. The fourth-order valence-corrected chi connectivity index (χ4v) is 13.5. The number of nitrogens with two attached hydrogens (primary N) is 2. The zero-order valence-corrected chi connectivity index (χ0v) is 43.7. The van der Waals surface area contributed by atoms with Gasteiger partial charge in [0.25, 0.3) is 11.8 Å². The van der Waals surface area contributed by atoms with Gasteiger partial charge >= 0.3 is 10.3 Å². The van der Waals surface area contributed by atoms with Crippen molar-refractivity contribution in [3.05, 3.63) is 121 Å². The normalized spacial score (nSPS) is 27.1. The molecule has 0 aromatic heterocycles. The molecule has 3 aromatic rings. The summed E-state index contributed by atoms with van der Waals surface area (Å²) in [7, 11) is 6.16. The number of aliphatic hydroxyl groups excluding tert-OH is 4. The molecular weight excluding hydrogens is 1020 g/mol. The molecule has 12 N–H and O–H groups in total. The standard InChI is InChI=1S/C53H58N6O17S/c1-57(2)20-21-8-12-32(75-7)27(14-21)25-10-13-33(37-28(25)16-24-18-30-41(59(5)6)45(64)39(51(55)70)49(68)53(30,72)47(66)35(24)43(37)62)76-77(73,74)56-19-22-9-11-31(60)36-26(22)15-23-17-29-40(58(3)4)44(63)38(50(54)69)48(67)52(29,71)46(65)34(23)42(36)61/h8-14,23-24,29-30,40-41,56,60,63-66,71-72H,15-20H2,1-7H3,(H2,54,69)(H2,55,70)/t23-,24-,29-,30-,40-,41-,52-,53-/m0/s1. The van der Waals surface area contributed by atoms with Crippen LogP contribution in [0.15, 0.2) is 87.8 Å². The Labute approximate surface area is 441 Å². The van der Waals surface area contributed by atoms with Crippen LogP contribution in [0.4, 0.5) is 0 Å². The summed E-state index contributed by atoms with van der Waals surface area (Å²) in [5.41, 5.74) is 3.74. The molecular formula is C53H58N6O17S. The topological polar surface area (TPSA) is 370 Å². The van der Waals surface area contributed by atoms with Gasteiger partial charge in [0.05, 0.1) is 30.3 Å². The highest BCUT2D eigenvalue weighted by Crippen LogP contribution is 2.55. The lowest BCUT2D eigenvalue weighted by molar-refractivity contribution is -0.149. The van der Waals surface area contributed by atoms with Gasteiger partial charge in [-0.15, -0.1) is 0 Å². The van der Waals surface area contributed by atoms with Gasteiger partial charge in [-0.3, -0.25) is 38.6 Å². The molecule has 6 aliphatic carbocycles. The molecule has 6 aliphatic rings. The first-order valence-corrected chi connectivity index (χ1v) is 25.7. The minimum atomic E-state index is -5.02. The SMILES string of the molecule is COc1ccc(CN(C)C)cc1-c1ccc(OS(=O)(=O)NCc2ccc(O)c3c2C[C@H]2C[C@H]4[C@H](N(C)C)C(O)=C(C(N)=O)C(=O)[C@@]4(O)C(O)=C2C3=O)c2c1C[C@H]1C[C@H]3[C@H](N(C)C)C(O)=C(C(N)=O)C(=O)[C@@]3(O)C(O)=C1C2=O. The average Bonchev–Trinajstić information content (AvgIpc) is 3.47. The van der Waals surface area contributed by atoms with E-state index in [4.69, 9.17) is 20.4 Å². The molecule has 3 aromatic carbocycles. The highest BCUT2D eigenvalue weighted by molar-refractivity contribution is 7.85. The molecule has 0 heterocycles. The number of ketones is 4. The van der Waals surface area contributed by atoms with Crippen molar-refractivity contribution in [3.63, 3.8) is 0 Å². The van der Waals surface area contributed by atoms with Crippen molar-refractivity contribution in [3.8, 4) is 28.4 Å². The van der Waals surface area contributed by atoms with Gasteiger partial charge in [0.2, 0.25) is 11.6 Å². The van der Waals surface area contributed by atoms with Crippen LogP contribution >= 0.6 is 0 Å². The van der Waals surface area contributed by atoms with Gasteiger partial charge in [0.1, 0.15) is 45.7 Å². The molecule has 9 rings (SSSR count). The van der Waals surface area contributed by atoms with Crippen molar-refractivity contribution in [2.45, 2.75) is 62.1 Å². The van der Waals surface area contributed by atoms with Gasteiger partial charge in [0.15, 0.2) is 28.5 Å². The lowest BCUT2D eigenvalue weighted by Crippen LogP contribution is -2.63. The second-order valence-corrected chi connectivity index (χ2v) is 22.5. The number of nitrogens with one attached hydrogen (secondary N) is 1. The Kier molecular flexibility index (Phi) is 13.4. The third-order valence-electron chi connectivity index (χ3n) is 16.0. The Balaban J connectivity index is 1.11. The number of methoxy groups -OCH3 is 1. The lowest BCUT2D eigenvalue weighted by Gasteiger charge is -2.50. The molecule has 77 heavy (non-hydrogen) atoms. The first-order valence-electron chi connectivity index (χ1n) is 24.3. The van der Waals surface area contributed by atoms with Crippen molar-refractivity contribution in [2.75, 3.05) is 49.4 Å². The van der Waals surface area contributed by atoms with E-state index in [-0.39, 0.29) is 53.5 Å². The number of aromatic hydroxyl groups is 1. The minimum absolute atomic E-state index is 0.117. The molecule has 0 aliphatic heterocycles. The first kappa shape index (κ1) is 54.3. The van der Waals surface area contributed by atoms with E-state index >= 15 is 4.79 Å². The number of phenols is 1. The molecule has 23 nitrogen and oxygen atoms in total. The Morgan fingerprint density at radius 2 is 1.18 bits per heavy atom. The summed E-state index contributed by atoms with van der Waals surface area (Å²) >= 11 is 0. The summed E-state index contributed by atoms with van der Waals surface area (Å²) in [6.45, 7) is -0.127. The van der Waals surface area contributed by atoms with Gasteiger partial charge in [-0.2, -0.15) is 13.1 Å². The van der Waals surface area contributed by atoms with E-state index < -0.39 is 156 Å². The lowest BCUT2D eigenvalue weighted by atomic mass is 9.58. The number of Topliss-reactive ketones (excluding diaryl/α,β-unsaturated/α-hetero) is 4. The first-order chi connectivity index (χ1) is 36.0. The van der Waals surface area contributed by atoms with E-state index in [0.717, 1.165) is 11.6 Å². The summed E-state index contributed by atoms with van der Waals surface area (Å²) in [6, 6.07) is 8.07. The van der Waals surface area contributed by atoms with Crippen LogP contribution in [-0.4, -0.2) is 166 Å². The largest absolute Gasteiger partial charge is 0.510 e. The predicted octanol–water partition coefficient (Wildman–Crippen LogP) is 1.000. The number of likely N-dealkylation sites (N-methyl/N-ethyl adjacent to an activating group) is 2. The molecule has 2 amide bonds. The van der Waals surface area contributed by atoms with Crippen LogP contribution in [0.2, 0.25) is 0 Å². The van der Waals surface area contributed by atoms with Crippen LogP contribution in [0.25, 0.3) is 11.1 Å². The van der Waals surface area contributed by atoms with Crippen LogP contribution in [-0.2, 0) is 55.4 Å². The molecule has 0 radical (unpaired) electrons. The van der Waals surface area contributed by atoms with Gasteiger partial charge in [-0.05, 0) is 132 Å². The summed E-state index contributed by atoms with van der Waals surface area (Å²) in [4.78, 5) is 87.2. The maximum Gasteiger partial charge on any atom is 0.382 e. The third-order valence-corrected chi connectivity index (χ3v) is 16.9. The second kappa shape index (κ2) is 18.9. The number of fused-ring (bicyclic) bond motifs is 6. The maximum absolute atomic E-state index is 15.2. The van der Waals surface area contributed by atoms with Gasteiger partial charge < -0.3 is 61.0 Å². The smallest absolute Gasteiger partial charge is 0.382 e. The molecule has 408 valence electrons. The number of carbonyl (C=O) groups excluding carboxylic acids is 6. The molecule has 0 unspecified atom stereocenters. The Hall–Kier alpha value is -7.45. The highest BCUT2D eigenvalue weighted by atomic mass is 32.2. The molecule has 0 bridgehead atoms. The summed E-state index contributed by atoms with van der Waals surface area (Å²) < 4.78 is 42.3. The Morgan fingerprint density at radius 3 is 1.66 bits per heavy atom. The Morgan fingerprint density at radius 1 is 0.688 bits per heavy atom. The van der Waals surface area contributed by atoms with E-state index in [1.807, 2.05) is 31.1 Å². The van der Waals surface area contributed by atoms with E-state index in [9.17, 15) is 68.1 Å². The van der Waals surface area contributed by atoms with Crippen LogP contribution in [0.3, 0.4) is 0 Å². The number of ether oxygens (including phenoxy) is 1. The molecule has 0 spiro atoms. The van der Waals surface area contributed by atoms with Crippen molar-refractivity contribution in [1.82, 2.24) is 19.4 Å². The van der Waals surface area contributed by atoms with Crippen molar-refractivity contribution in [1.29, 1.82) is 0 Å². The number of nitrogens with zero attached hydrogens (tertiary/aromatic N) is 3. The van der Waals surface area contributed by atoms with Crippen LogP contribution in [0.5, 0.6) is 17.2 Å². The third kappa shape index (κ3) is 8.19. The molecule has 0 fully saturated rings. The maximum atomic E-state index is 15.2. The number of rotatable bonds is 13. The summed E-state index contributed by atoms with van der Waals surface area (Å²) in [5.74, 6) is -16.7. The van der Waals surface area contributed by atoms with E-state index in [1.165, 1.54) is 63.3 Å². The number of amides is 2. The molecule has 24 heteroatoms. The Bertz CT molecular complexity index is 3430.